The number of nitrogens with two attached hydrogens (primary N) is 1. The normalized spacial score (nSPS) is 29.3. The standard InChI is InChI=1S/C10H10FN3O/c11-10(8-4-6-13-14-8)5-2-1-3-7(10)9(12)15/h1-7H,(H2,12,15)(H,13,14). The number of hydrogen-bond acceptors (Lipinski definition) is 2. The minimum Gasteiger partial charge on any atom is -0.369 e. The van der Waals surface area contributed by atoms with Crippen molar-refractivity contribution in [2.24, 2.45) is 11.7 Å². The van der Waals surface area contributed by atoms with Gasteiger partial charge in [-0.15, -0.1) is 0 Å². The number of hydrogen-bond donors (Lipinski definition) is 2. The van der Waals surface area contributed by atoms with Gasteiger partial charge < -0.3 is 5.73 Å². The first-order valence-electron chi connectivity index (χ1n) is 4.48. The predicted octanol–water partition coefficient (Wildman–Crippen LogP) is 0.802. The van der Waals surface area contributed by atoms with Crippen LogP contribution in [0.2, 0.25) is 0 Å². The summed E-state index contributed by atoms with van der Waals surface area (Å²) in [7, 11) is 0. The van der Waals surface area contributed by atoms with Crippen LogP contribution in [-0.2, 0) is 10.5 Å². The molecule has 1 aromatic heterocycles. The number of H-pyrrole nitrogens is 1. The van der Waals surface area contributed by atoms with Crippen molar-refractivity contribution in [3.8, 4) is 0 Å². The lowest BCUT2D eigenvalue weighted by Crippen LogP contribution is -2.38. The molecule has 0 aromatic carbocycles. The first kappa shape index (κ1) is 9.64. The summed E-state index contributed by atoms with van der Waals surface area (Å²) in [6, 6.07) is 1.49. The molecule has 78 valence electrons. The number of carbonyl (C=O) groups is 1. The quantitative estimate of drug-likeness (QED) is 0.753. The van der Waals surface area contributed by atoms with E-state index < -0.39 is 17.5 Å². The van der Waals surface area contributed by atoms with Crippen LogP contribution in [-0.4, -0.2) is 16.1 Å². The fourth-order valence-electron chi connectivity index (χ4n) is 1.64. The maximum atomic E-state index is 14.5. The molecule has 0 fully saturated rings. The molecule has 0 spiro atoms. The van der Waals surface area contributed by atoms with Crippen LogP contribution in [0.15, 0.2) is 36.6 Å². The number of amides is 1. The van der Waals surface area contributed by atoms with Gasteiger partial charge in [-0.3, -0.25) is 9.89 Å². The highest BCUT2D eigenvalue weighted by Crippen LogP contribution is 2.37. The van der Waals surface area contributed by atoms with Crippen molar-refractivity contribution in [2.75, 3.05) is 0 Å². The van der Waals surface area contributed by atoms with E-state index in [-0.39, 0.29) is 5.69 Å². The number of aromatic nitrogens is 2. The third-order valence-corrected chi connectivity index (χ3v) is 2.43. The Hall–Kier alpha value is -1.91. The van der Waals surface area contributed by atoms with Crippen LogP contribution in [0, 0.1) is 5.92 Å². The third kappa shape index (κ3) is 1.45. The summed E-state index contributed by atoms with van der Waals surface area (Å²) in [4.78, 5) is 11.1. The van der Waals surface area contributed by atoms with Crippen LogP contribution >= 0.6 is 0 Å². The van der Waals surface area contributed by atoms with Gasteiger partial charge in [0, 0.05) is 6.20 Å². The van der Waals surface area contributed by atoms with Gasteiger partial charge in [-0.25, -0.2) is 4.39 Å². The topological polar surface area (TPSA) is 71.8 Å². The molecule has 2 atom stereocenters. The van der Waals surface area contributed by atoms with E-state index in [1.165, 1.54) is 24.4 Å². The molecule has 15 heavy (non-hydrogen) atoms. The average Bonchev–Trinajstić information content (AvgIpc) is 2.71. The summed E-state index contributed by atoms with van der Waals surface area (Å²) in [5, 5.41) is 6.18. The Morgan fingerprint density at radius 2 is 2.40 bits per heavy atom. The molecule has 0 radical (unpaired) electrons. The number of rotatable bonds is 2. The maximum Gasteiger partial charge on any atom is 0.228 e. The fraction of sp³-hybridized carbons (Fsp3) is 0.200. The SMILES string of the molecule is NC(=O)C1C=CC=CC1(F)c1ccn[nH]1. The minimum atomic E-state index is -1.92. The molecule has 0 aliphatic heterocycles. The highest BCUT2D eigenvalue weighted by atomic mass is 19.1. The van der Waals surface area contributed by atoms with Crippen LogP contribution in [0.4, 0.5) is 4.39 Å². The zero-order chi connectivity index (χ0) is 10.9. The summed E-state index contributed by atoms with van der Waals surface area (Å²) in [5.41, 5.74) is 3.46. The van der Waals surface area contributed by atoms with E-state index in [2.05, 4.69) is 10.2 Å². The summed E-state index contributed by atoms with van der Waals surface area (Å²) in [6.07, 6.45) is 7.32. The smallest absolute Gasteiger partial charge is 0.228 e. The number of halogens is 1. The minimum absolute atomic E-state index is 0.229. The van der Waals surface area contributed by atoms with Crippen molar-refractivity contribution in [1.29, 1.82) is 0 Å². The summed E-state index contributed by atoms with van der Waals surface area (Å²) < 4.78 is 14.5. The zero-order valence-corrected chi connectivity index (χ0v) is 7.85. The summed E-state index contributed by atoms with van der Waals surface area (Å²) >= 11 is 0. The van der Waals surface area contributed by atoms with Crippen molar-refractivity contribution in [3.63, 3.8) is 0 Å². The second-order valence-corrected chi connectivity index (χ2v) is 3.36. The number of nitrogens with one attached hydrogen (secondary N) is 1. The van der Waals surface area contributed by atoms with Gasteiger partial charge in [-0.1, -0.05) is 18.2 Å². The van der Waals surface area contributed by atoms with Gasteiger partial charge >= 0.3 is 0 Å². The van der Waals surface area contributed by atoms with Crippen LogP contribution < -0.4 is 5.73 Å². The molecule has 4 nitrogen and oxygen atoms in total. The Kier molecular flexibility index (Phi) is 2.15. The largest absolute Gasteiger partial charge is 0.369 e. The van der Waals surface area contributed by atoms with Gasteiger partial charge in [0.15, 0.2) is 5.67 Å². The fourth-order valence-corrected chi connectivity index (χ4v) is 1.64. The van der Waals surface area contributed by atoms with Crippen molar-refractivity contribution in [1.82, 2.24) is 10.2 Å². The van der Waals surface area contributed by atoms with E-state index in [1.807, 2.05) is 0 Å². The lowest BCUT2D eigenvalue weighted by Gasteiger charge is -2.27. The molecular weight excluding hydrogens is 197 g/mol. The van der Waals surface area contributed by atoms with Gasteiger partial charge in [0.25, 0.3) is 0 Å². The van der Waals surface area contributed by atoms with Gasteiger partial charge in [0.05, 0.1) is 11.6 Å². The number of nitrogens with zero attached hydrogens (tertiary/aromatic N) is 1. The Balaban J connectivity index is 2.45. The maximum absolute atomic E-state index is 14.5. The van der Waals surface area contributed by atoms with Gasteiger partial charge in [-0.05, 0) is 12.1 Å². The first-order chi connectivity index (χ1) is 7.14. The van der Waals surface area contributed by atoms with Crippen LogP contribution in [0.3, 0.4) is 0 Å². The predicted molar refractivity (Wildman–Crippen MR) is 52.3 cm³/mol. The summed E-state index contributed by atoms with van der Waals surface area (Å²) in [5.74, 6) is -1.70. The second-order valence-electron chi connectivity index (χ2n) is 3.36. The second kappa shape index (κ2) is 3.34. The summed E-state index contributed by atoms with van der Waals surface area (Å²) in [6.45, 7) is 0. The molecule has 1 amide bonds. The molecule has 1 aliphatic carbocycles. The number of aromatic amines is 1. The number of carbonyl (C=O) groups excluding carboxylic acids is 1. The Labute approximate surface area is 85.7 Å². The highest BCUT2D eigenvalue weighted by Gasteiger charge is 2.42. The van der Waals surface area contributed by atoms with Gasteiger partial charge in [-0.2, -0.15) is 5.10 Å². The van der Waals surface area contributed by atoms with Crippen molar-refractivity contribution in [2.45, 2.75) is 5.67 Å². The molecule has 2 rings (SSSR count). The van der Waals surface area contributed by atoms with Crippen LogP contribution in [0.25, 0.3) is 0 Å². The zero-order valence-electron chi connectivity index (χ0n) is 7.85. The van der Waals surface area contributed by atoms with E-state index in [4.69, 9.17) is 5.73 Å². The van der Waals surface area contributed by atoms with Crippen molar-refractivity contribution in [3.05, 3.63) is 42.3 Å². The number of primary amides is 1. The molecule has 1 aromatic rings. The molecule has 3 N–H and O–H groups in total. The molecule has 2 unspecified atom stereocenters. The van der Waals surface area contributed by atoms with E-state index in [0.29, 0.717) is 0 Å². The number of allylic oxidation sites excluding steroid dienone is 3. The Bertz CT molecular complexity index is 424. The average molecular weight is 207 g/mol. The van der Waals surface area contributed by atoms with Gasteiger partial charge in [0.1, 0.15) is 0 Å². The molecule has 1 heterocycles. The Morgan fingerprint density at radius 3 is 3.00 bits per heavy atom. The van der Waals surface area contributed by atoms with Crippen molar-refractivity contribution < 1.29 is 9.18 Å². The first-order valence-corrected chi connectivity index (χ1v) is 4.48. The molecule has 0 saturated carbocycles. The Morgan fingerprint density at radius 1 is 1.60 bits per heavy atom. The molecule has 0 bridgehead atoms. The van der Waals surface area contributed by atoms with Gasteiger partial charge in [0.2, 0.25) is 5.91 Å². The van der Waals surface area contributed by atoms with E-state index in [0.717, 1.165) is 0 Å². The van der Waals surface area contributed by atoms with E-state index in [9.17, 15) is 9.18 Å². The van der Waals surface area contributed by atoms with E-state index in [1.54, 1.807) is 12.2 Å². The lowest BCUT2D eigenvalue weighted by atomic mass is 9.82. The highest BCUT2D eigenvalue weighted by molar-refractivity contribution is 5.81. The van der Waals surface area contributed by atoms with Crippen molar-refractivity contribution >= 4 is 5.91 Å². The third-order valence-electron chi connectivity index (χ3n) is 2.43. The lowest BCUT2D eigenvalue weighted by molar-refractivity contribution is -0.123. The van der Waals surface area contributed by atoms with Crippen LogP contribution in [0.5, 0.6) is 0 Å². The number of alkyl halides is 1. The molecule has 1 aliphatic rings. The van der Waals surface area contributed by atoms with Crippen LogP contribution in [0.1, 0.15) is 5.69 Å². The molecular formula is C10H10FN3O. The molecule has 5 heteroatoms. The van der Waals surface area contributed by atoms with E-state index >= 15 is 0 Å². The monoisotopic (exact) mass is 207 g/mol. The molecule has 0 saturated heterocycles.